The molecule has 5 fully saturated rings. The van der Waals surface area contributed by atoms with Crippen molar-refractivity contribution in [1.82, 2.24) is 15.1 Å². The molecule has 38 heavy (non-hydrogen) atoms. The SMILES string of the molecule is [N-]=[N+]=N[C@H]1CN(C(=O)C2(NC(=O)c3ccc(N4CCN(C5CCC5)CC4)cc3)CCCC2)[C@@H]2C(=O)CO[C@H]12. The molecule has 6 rings (SSSR count). The average Bonchev–Trinajstić information content (AvgIpc) is 3.62. The number of hydrogen-bond acceptors (Lipinski definition) is 7. The number of anilines is 1. The highest BCUT2D eigenvalue weighted by Crippen LogP contribution is 2.37. The summed E-state index contributed by atoms with van der Waals surface area (Å²) in [6.45, 7) is 4.13. The molecular weight excluding hydrogens is 486 g/mol. The lowest BCUT2D eigenvalue weighted by molar-refractivity contribution is -0.142. The first-order chi connectivity index (χ1) is 18.5. The van der Waals surface area contributed by atoms with E-state index in [4.69, 9.17) is 10.3 Å². The number of azide groups is 1. The van der Waals surface area contributed by atoms with Crippen LogP contribution in [0.3, 0.4) is 0 Å². The number of Topliss-reactive ketones (excluding diaryl/α,β-unsaturated/α-hetero) is 1. The zero-order valence-electron chi connectivity index (χ0n) is 21.6. The predicted molar refractivity (Wildman–Crippen MR) is 140 cm³/mol. The molecule has 1 aromatic carbocycles. The van der Waals surface area contributed by atoms with Crippen LogP contribution >= 0.6 is 0 Å². The lowest BCUT2D eigenvalue weighted by Crippen LogP contribution is -2.60. The molecule has 3 aliphatic heterocycles. The first-order valence-corrected chi connectivity index (χ1v) is 13.9. The topological polar surface area (TPSA) is 131 Å². The molecule has 0 radical (unpaired) electrons. The fourth-order valence-corrected chi connectivity index (χ4v) is 6.86. The Kier molecular flexibility index (Phi) is 6.75. The first-order valence-electron chi connectivity index (χ1n) is 13.9. The summed E-state index contributed by atoms with van der Waals surface area (Å²) in [6, 6.07) is 7.02. The fraction of sp³-hybridized carbons (Fsp3) is 0.667. The number of amides is 2. The highest BCUT2D eigenvalue weighted by atomic mass is 16.5. The molecule has 11 nitrogen and oxygen atoms in total. The van der Waals surface area contributed by atoms with E-state index in [1.165, 1.54) is 24.2 Å². The van der Waals surface area contributed by atoms with Crippen molar-refractivity contribution in [3.63, 3.8) is 0 Å². The van der Waals surface area contributed by atoms with Crippen molar-refractivity contribution >= 4 is 23.3 Å². The van der Waals surface area contributed by atoms with Crippen molar-refractivity contribution < 1.29 is 19.1 Å². The maximum absolute atomic E-state index is 13.9. The average molecular weight is 522 g/mol. The molecule has 0 spiro atoms. The van der Waals surface area contributed by atoms with Gasteiger partial charge < -0.3 is 19.9 Å². The summed E-state index contributed by atoms with van der Waals surface area (Å²) in [7, 11) is 0. The van der Waals surface area contributed by atoms with E-state index in [2.05, 4.69) is 25.1 Å². The molecule has 0 bridgehead atoms. The standard InChI is InChI=1S/C27H35N7O4/c28-31-30-21-16-34(23-22(35)17-38-24(21)23)26(37)27(10-1-2-11-27)29-25(36)18-6-8-20(9-7-18)33-14-12-32(13-15-33)19-4-3-5-19/h6-9,19,21,23-24H,1-5,10-17H2,(H,29,36)/t21-,23+,24+/m0/s1. The summed E-state index contributed by atoms with van der Waals surface area (Å²) in [5.41, 5.74) is 9.48. The molecule has 11 heteroatoms. The van der Waals surface area contributed by atoms with Crippen LogP contribution in [0.4, 0.5) is 5.69 Å². The number of ketones is 1. The number of likely N-dealkylation sites (tertiary alicyclic amines) is 1. The van der Waals surface area contributed by atoms with Gasteiger partial charge in [0.2, 0.25) is 5.91 Å². The molecule has 0 aromatic heterocycles. The van der Waals surface area contributed by atoms with Gasteiger partial charge in [-0.05, 0) is 55.5 Å². The summed E-state index contributed by atoms with van der Waals surface area (Å²) in [5.74, 6) is -0.769. The van der Waals surface area contributed by atoms with Crippen molar-refractivity contribution in [2.24, 2.45) is 5.11 Å². The minimum Gasteiger partial charge on any atom is -0.369 e. The molecular formula is C27H35N7O4. The van der Waals surface area contributed by atoms with Gasteiger partial charge in [-0.15, -0.1) is 0 Å². The van der Waals surface area contributed by atoms with E-state index in [0.29, 0.717) is 18.4 Å². The number of carbonyl (C=O) groups is 3. The minimum absolute atomic E-state index is 0.0993. The maximum atomic E-state index is 13.9. The Bertz CT molecular complexity index is 1130. The summed E-state index contributed by atoms with van der Waals surface area (Å²) in [4.78, 5) is 49.2. The van der Waals surface area contributed by atoms with Gasteiger partial charge in [0.1, 0.15) is 18.2 Å². The summed E-state index contributed by atoms with van der Waals surface area (Å²) < 4.78 is 5.57. The van der Waals surface area contributed by atoms with Crippen molar-refractivity contribution in [2.75, 3.05) is 44.2 Å². The second-order valence-corrected chi connectivity index (χ2v) is 11.3. The van der Waals surface area contributed by atoms with E-state index >= 15 is 0 Å². The van der Waals surface area contributed by atoms with Gasteiger partial charge in [-0.25, -0.2) is 0 Å². The normalized spacial score (nSPS) is 29.1. The van der Waals surface area contributed by atoms with Crippen molar-refractivity contribution in [2.45, 2.75) is 74.7 Å². The zero-order chi connectivity index (χ0) is 26.3. The molecule has 2 saturated carbocycles. The van der Waals surface area contributed by atoms with Crippen LogP contribution in [-0.2, 0) is 14.3 Å². The molecule has 3 heterocycles. The molecule has 0 unspecified atom stereocenters. The molecule has 5 aliphatic rings. The number of fused-ring (bicyclic) bond motifs is 1. The fourth-order valence-electron chi connectivity index (χ4n) is 6.86. The van der Waals surface area contributed by atoms with Crippen LogP contribution < -0.4 is 10.2 Å². The van der Waals surface area contributed by atoms with E-state index < -0.39 is 23.7 Å². The van der Waals surface area contributed by atoms with Crippen LogP contribution in [0.2, 0.25) is 0 Å². The lowest BCUT2D eigenvalue weighted by atomic mass is 9.91. The Balaban J connectivity index is 1.13. The molecule has 2 aliphatic carbocycles. The highest BCUT2D eigenvalue weighted by Gasteiger charge is 2.56. The monoisotopic (exact) mass is 521 g/mol. The van der Waals surface area contributed by atoms with E-state index in [9.17, 15) is 14.4 Å². The van der Waals surface area contributed by atoms with E-state index in [1.807, 2.05) is 24.3 Å². The Morgan fingerprint density at radius 1 is 1.05 bits per heavy atom. The van der Waals surface area contributed by atoms with Crippen molar-refractivity contribution in [3.8, 4) is 0 Å². The van der Waals surface area contributed by atoms with Crippen LogP contribution in [0.25, 0.3) is 10.4 Å². The van der Waals surface area contributed by atoms with Gasteiger partial charge in [0, 0.05) is 54.9 Å². The predicted octanol–water partition coefficient (Wildman–Crippen LogP) is 2.26. The largest absolute Gasteiger partial charge is 0.369 e. The summed E-state index contributed by atoms with van der Waals surface area (Å²) in [6.07, 6.45) is 6.01. The van der Waals surface area contributed by atoms with Crippen molar-refractivity contribution in [3.05, 3.63) is 40.3 Å². The summed E-state index contributed by atoms with van der Waals surface area (Å²) in [5, 5.41) is 6.82. The van der Waals surface area contributed by atoms with Gasteiger partial charge in [0.25, 0.3) is 5.91 Å². The Hall–Kier alpha value is -3.14. The van der Waals surface area contributed by atoms with Gasteiger partial charge >= 0.3 is 0 Å². The van der Waals surface area contributed by atoms with Gasteiger partial charge in [0.05, 0.1) is 12.1 Å². The van der Waals surface area contributed by atoms with Crippen LogP contribution in [0, 0.1) is 0 Å². The van der Waals surface area contributed by atoms with Crippen LogP contribution in [0.1, 0.15) is 55.3 Å². The van der Waals surface area contributed by atoms with Gasteiger partial charge in [-0.2, -0.15) is 0 Å². The Labute approximate surface area is 222 Å². The molecule has 2 amide bonds. The van der Waals surface area contributed by atoms with Gasteiger partial charge in [0.15, 0.2) is 5.78 Å². The third-order valence-corrected chi connectivity index (χ3v) is 9.24. The number of benzene rings is 1. The smallest absolute Gasteiger partial charge is 0.252 e. The lowest BCUT2D eigenvalue weighted by Gasteiger charge is -2.43. The second kappa shape index (κ2) is 10.2. The highest BCUT2D eigenvalue weighted by molar-refractivity contribution is 6.01. The Morgan fingerprint density at radius 3 is 2.39 bits per heavy atom. The number of rotatable bonds is 6. The molecule has 3 atom stereocenters. The molecule has 1 N–H and O–H groups in total. The Morgan fingerprint density at radius 2 is 1.76 bits per heavy atom. The van der Waals surface area contributed by atoms with E-state index in [0.717, 1.165) is 50.7 Å². The third-order valence-electron chi connectivity index (χ3n) is 9.24. The second-order valence-electron chi connectivity index (χ2n) is 11.3. The van der Waals surface area contributed by atoms with E-state index in [-0.39, 0.29) is 30.7 Å². The minimum atomic E-state index is -1.08. The molecule has 202 valence electrons. The third kappa shape index (κ3) is 4.42. The van der Waals surface area contributed by atoms with Crippen LogP contribution in [0.15, 0.2) is 29.4 Å². The zero-order valence-corrected chi connectivity index (χ0v) is 21.6. The van der Waals surface area contributed by atoms with Crippen LogP contribution in [-0.4, -0.2) is 96.5 Å². The van der Waals surface area contributed by atoms with Crippen LogP contribution in [0.5, 0.6) is 0 Å². The first kappa shape index (κ1) is 25.2. The molecule has 3 saturated heterocycles. The van der Waals surface area contributed by atoms with Gasteiger partial charge in [-0.3, -0.25) is 19.3 Å². The van der Waals surface area contributed by atoms with Crippen molar-refractivity contribution in [1.29, 1.82) is 0 Å². The number of carbonyl (C=O) groups excluding carboxylic acids is 3. The number of ether oxygens (including phenoxy) is 1. The molecule has 1 aromatic rings. The number of hydrogen-bond donors (Lipinski definition) is 1. The van der Waals surface area contributed by atoms with E-state index in [1.54, 1.807) is 0 Å². The summed E-state index contributed by atoms with van der Waals surface area (Å²) >= 11 is 0. The quantitative estimate of drug-likeness (QED) is 0.347. The maximum Gasteiger partial charge on any atom is 0.252 e. The van der Waals surface area contributed by atoms with Gasteiger partial charge in [-0.1, -0.05) is 24.4 Å². The number of nitrogens with zero attached hydrogens (tertiary/aromatic N) is 6. The number of nitrogens with one attached hydrogen (secondary N) is 1. The number of piperazine rings is 1.